The van der Waals surface area contributed by atoms with Gasteiger partial charge in [-0.15, -0.1) is 0 Å². The van der Waals surface area contributed by atoms with E-state index in [0.29, 0.717) is 5.69 Å². The van der Waals surface area contributed by atoms with Crippen LogP contribution >= 0.6 is 0 Å². The van der Waals surface area contributed by atoms with Crippen LogP contribution in [-0.2, 0) is 0 Å². The topological polar surface area (TPSA) is 92.6 Å². The van der Waals surface area contributed by atoms with E-state index in [1.807, 2.05) is 32.6 Å². The van der Waals surface area contributed by atoms with Gasteiger partial charge < -0.3 is 15.7 Å². The van der Waals surface area contributed by atoms with E-state index < -0.39 is 10.7 Å². The van der Waals surface area contributed by atoms with Crippen LogP contribution in [0.5, 0.6) is 5.75 Å². The molecule has 6 nitrogen and oxygen atoms in total. The molecule has 100 valence electrons. The highest BCUT2D eigenvalue weighted by Gasteiger charge is 2.28. The van der Waals surface area contributed by atoms with Crippen molar-refractivity contribution in [2.45, 2.75) is 39.8 Å². The maximum atomic E-state index is 11.1. The fourth-order valence-corrected chi connectivity index (χ4v) is 2.13. The van der Waals surface area contributed by atoms with Gasteiger partial charge >= 0.3 is 5.69 Å². The Morgan fingerprint density at radius 2 is 1.78 bits per heavy atom. The zero-order chi connectivity index (χ0) is 14.0. The number of rotatable bonds is 4. The van der Waals surface area contributed by atoms with Crippen LogP contribution in [0.2, 0.25) is 0 Å². The number of nitrogen functional groups attached to an aromatic ring is 1. The first-order chi connectivity index (χ1) is 8.27. The molecule has 0 aliphatic carbocycles. The highest BCUT2D eigenvalue weighted by atomic mass is 16.6. The van der Waals surface area contributed by atoms with E-state index in [9.17, 15) is 15.2 Å². The van der Waals surface area contributed by atoms with Gasteiger partial charge in [-0.3, -0.25) is 10.1 Å². The van der Waals surface area contributed by atoms with Crippen LogP contribution in [0, 0.1) is 10.1 Å². The van der Waals surface area contributed by atoms with Gasteiger partial charge in [0.1, 0.15) is 5.69 Å². The number of hydrogen-bond acceptors (Lipinski definition) is 5. The molecule has 1 rings (SSSR count). The third-order valence-corrected chi connectivity index (χ3v) is 2.73. The van der Waals surface area contributed by atoms with Crippen LogP contribution in [0.15, 0.2) is 12.1 Å². The summed E-state index contributed by atoms with van der Waals surface area (Å²) in [6.45, 7) is 7.77. The van der Waals surface area contributed by atoms with Gasteiger partial charge in [-0.25, -0.2) is 0 Å². The molecule has 3 N–H and O–H groups in total. The lowest BCUT2D eigenvalue weighted by atomic mass is 10.1. The summed E-state index contributed by atoms with van der Waals surface area (Å²) in [4.78, 5) is 12.4. The molecule has 0 saturated carbocycles. The molecule has 0 radical (unpaired) electrons. The second-order valence-electron chi connectivity index (χ2n) is 4.72. The lowest BCUT2D eigenvalue weighted by Gasteiger charge is -2.32. The number of phenols is 1. The summed E-state index contributed by atoms with van der Waals surface area (Å²) in [6, 6.07) is 3.21. The molecule has 1 aromatic rings. The fraction of sp³-hybridized carbons (Fsp3) is 0.500. The molecule has 0 spiro atoms. The minimum absolute atomic E-state index is 0.0120. The Morgan fingerprint density at radius 3 is 2.17 bits per heavy atom. The number of nitro benzene ring substituents is 1. The summed E-state index contributed by atoms with van der Waals surface area (Å²) in [5, 5.41) is 20.9. The monoisotopic (exact) mass is 253 g/mol. The number of benzene rings is 1. The van der Waals surface area contributed by atoms with Crippen LogP contribution in [0.3, 0.4) is 0 Å². The Kier molecular flexibility index (Phi) is 4.00. The molecular weight excluding hydrogens is 234 g/mol. The van der Waals surface area contributed by atoms with Gasteiger partial charge in [-0.1, -0.05) is 0 Å². The predicted octanol–water partition coefficient (Wildman–Crippen LogP) is 2.51. The molecule has 0 amide bonds. The quantitative estimate of drug-likeness (QED) is 0.372. The number of aromatic hydroxyl groups is 1. The van der Waals surface area contributed by atoms with E-state index >= 15 is 0 Å². The van der Waals surface area contributed by atoms with Crippen LogP contribution in [-0.4, -0.2) is 22.1 Å². The Hall–Kier alpha value is -1.98. The lowest BCUT2D eigenvalue weighted by molar-refractivity contribution is -0.385. The first-order valence-electron chi connectivity index (χ1n) is 5.81. The van der Waals surface area contributed by atoms with Crippen molar-refractivity contribution in [3.05, 3.63) is 22.2 Å². The van der Waals surface area contributed by atoms with E-state index in [-0.39, 0.29) is 23.5 Å². The summed E-state index contributed by atoms with van der Waals surface area (Å²) in [5.41, 5.74) is 5.57. The molecular formula is C12H19N3O3. The standard InChI is InChI=1S/C12H19N3O3/c1-7(2)14(8(3)4)10-6-5-9(13)12(16)11(10)15(17)18/h5-8,16H,13H2,1-4H3. The normalized spacial score (nSPS) is 11.0. The molecule has 1 aromatic carbocycles. The number of nitrogens with zero attached hydrogens (tertiary/aromatic N) is 2. The summed E-state index contributed by atoms with van der Waals surface area (Å²) in [6.07, 6.45) is 0. The maximum absolute atomic E-state index is 11.1. The van der Waals surface area contributed by atoms with Crippen molar-refractivity contribution in [2.75, 3.05) is 10.6 Å². The molecule has 0 aliphatic rings. The summed E-state index contributed by atoms with van der Waals surface area (Å²) < 4.78 is 0. The van der Waals surface area contributed by atoms with Crippen molar-refractivity contribution < 1.29 is 10.0 Å². The van der Waals surface area contributed by atoms with Gasteiger partial charge in [0.25, 0.3) is 0 Å². The molecule has 0 bridgehead atoms. The van der Waals surface area contributed by atoms with Crippen molar-refractivity contribution in [1.82, 2.24) is 0 Å². The minimum Gasteiger partial charge on any atom is -0.501 e. The van der Waals surface area contributed by atoms with Crippen molar-refractivity contribution in [3.8, 4) is 5.75 Å². The van der Waals surface area contributed by atoms with Gasteiger partial charge in [0.05, 0.1) is 10.6 Å². The van der Waals surface area contributed by atoms with Crippen LogP contribution < -0.4 is 10.6 Å². The average molecular weight is 253 g/mol. The third-order valence-electron chi connectivity index (χ3n) is 2.73. The van der Waals surface area contributed by atoms with E-state index in [4.69, 9.17) is 5.73 Å². The fourth-order valence-electron chi connectivity index (χ4n) is 2.13. The van der Waals surface area contributed by atoms with Gasteiger partial charge in [-0.2, -0.15) is 0 Å². The van der Waals surface area contributed by atoms with Crippen LogP contribution in [0.25, 0.3) is 0 Å². The number of nitrogens with two attached hydrogens (primary N) is 1. The van der Waals surface area contributed by atoms with Gasteiger partial charge in [-0.05, 0) is 39.8 Å². The van der Waals surface area contributed by atoms with Gasteiger partial charge in [0.2, 0.25) is 5.75 Å². The van der Waals surface area contributed by atoms with Crippen LogP contribution in [0.4, 0.5) is 17.1 Å². The third kappa shape index (κ3) is 2.47. The first-order valence-corrected chi connectivity index (χ1v) is 5.81. The molecule has 0 aromatic heterocycles. The van der Waals surface area contributed by atoms with Crippen molar-refractivity contribution >= 4 is 17.1 Å². The zero-order valence-corrected chi connectivity index (χ0v) is 11.0. The lowest BCUT2D eigenvalue weighted by Crippen LogP contribution is -2.37. The Morgan fingerprint density at radius 1 is 1.28 bits per heavy atom. The minimum atomic E-state index is -0.598. The maximum Gasteiger partial charge on any atom is 0.335 e. The number of phenolic OH excluding ortho intramolecular Hbond substituents is 1. The first kappa shape index (κ1) is 14.1. The summed E-state index contributed by atoms with van der Waals surface area (Å²) in [7, 11) is 0. The van der Waals surface area contributed by atoms with Gasteiger partial charge in [0.15, 0.2) is 0 Å². The molecule has 18 heavy (non-hydrogen) atoms. The largest absolute Gasteiger partial charge is 0.501 e. The molecule has 0 heterocycles. The molecule has 0 atom stereocenters. The second kappa shape index (κ2) is 5.12. The summed E-state index contributed by atoms with van der Waals surface area (Å²) in [5.74, 6) is -0.469. The average Bonchev–Trinajstić information content (AvgIpc) is 2.21. The molecule has 6 heteroatoms. The zero-order valence-electron chi connectivity index (χ0n) is 11.0. The predicted molar refractivity (Wildman–Crippen MR) is 71.9 cm³/mol. The van der Waals surface area contributed by atoms with E-state index in [1.54, 1.807) is 6.07 Å². The SMILES string of the molecule is CC(C)N(c1ccc(N)c(O)c1[N+](=O)[O-])C(C)C. The Bertz CT molecular complexity index is 450. The molecule has 0 aliphatic heterocycles. The highest BCUT2D eigenvalue weighted by molar-refractivity contribution is 5.77. The summed E-state index contributed by atoms with van der Waals surface area (Å²) >= 11 is 0. The van der Waals surface area contributed by atoms with Crippen LogP contribution in [0.1, 0.15) is 27.7 Å². The molecule has 0 fully saturated rings. The van der Waals surface area contributed by atoms with E-state index in [1.165, 1.54) is 6.07 Å². The molecule has 0 saturated heterocycles. The van der Waals surface area contributed by atoms with E-state index in [2.05, 4.69) is 0 Å². The number of anilines is 2. The van der Waals surface area contributed by atoms with Crippen molar-refractivity contribution in [2.24, 2.45) is 0 Å². The van der Waals surface area contributed by atoms with Gasteiger partial charge in [0, 0.05) is 12.1 Å². The van der Waals surface area contributed by atoms with Crippen molar-refractivity contribution in [3.63, 3.8) is 0 Å². The Labute approximate surface area is 106 Å². The smallest absolute Gasteiger partial charge is 0.335 e. The Balaban J connectivity index is 3.48. The second-order valence-corrected chi connectivity index (χ2v) is 4.72. The van der Waals surface area contributed by atoms with E-state index in [0.717, 1.165) is 0 Å². The highest BCUT2D eigenvalue weighted by Crippen LogP contribution is 2.41. The van der Waals surface area contributed by atoms with Crippen molar-refractivity contribution in [1.29, 1.82) is 0 Å². The number of nitro groups is 1. The number of hydrogen-bond donors (Lipinski definition) is 2. The molecule has 0 unspecified atom stereocenters.